The number of fused-ring (bicyclic) bond motifs is 1. The van der Waals surface area contributed by atoms with E-state index in [0.29, 0.717) is 22.0 Å². The minimum atomic E-state index is -0.915. The van der Waals surface area contributed by atoms with Crippen molar-refractivity contribution in [2.45, 2.75) is 13.0 Å². The van der Waals surface area contributed by atoms with Gasteiger partial charge in [0.25, 0.3) is 0 Å². The molecule has 108 valence electrons. The van der Waals surface area contributed by atoms with Gasteiger partial charge in [-0.15, -0.1) is 0 Å². The number of benzene rings is 1. The van der Waals surface area contributed by atoms with Crippen molar-refractivity contribution in [3.8, 4) is 11.1 Å². The second-order valence-corrected chi connectivity index (χ2v) is 4.65. The molecule has 3 aromatic rings. The highest BCUT2D eigenvalue weighted by Gasteiger charge is 2.12. The summed E-state index contributed by atoms with van der Waals surface area (Å²) in [6.45, 7) is 0.251. The number of hydrogen-bond acceptors (Lipinski definition) is 2. The Hall–Kier alpha value is -2.70. The molecule has 0 unspecified atom stereocenters. The van der Waals surface area contributed by atoms with Gasteiger partial charge in [-0.3, -0.25) is 9.48 Å². The Kier molecular flexibility index (Phi) is 3.17. The van der Waals surface area contributed by atoms with Crippen LogP contribution < -0.4 is 0 Å². The van der Waals surface area contributed by atoms with E-state index in [-0.39, 0.29) is 13.0 Å². The van der Waals surface area contributed by atoms with Crippen LogP contribution in [0.15, 0.2) is 30.7 Å². The van der Waals surface area contributed by atoms with Crippen LogP contribution in [0.2, 0.25) is 0 Å². The Balaban J connectivity index is 1.97. The molecule has 2 N–H and O–H groups in total. The van der Waals surface area contributed by atoms with E-state index in [1.807, 2.05) is 0 Å². The Bertz CT molecular complexity index is 823. The summed E-state index contributed by atoms with van der Waals surface area (Å²) in [6.07, 6.45) is 4.84. The number of aromatic nitrogens is 3. The summed E-state index contributed by atoms with van der Waals surface area (Å²) in [6, 6.07) is 2.23. The number of aryl methyl sites for hydroxylation is 1. The van der Waals surface area contributed by atoms with Crippen molar-refractivity contribution in [1.29, 1.82) is 0 Å². The van der Waals surface area contributed by atoms with Gasteiger partial charge in [0, 0.05) is 40.5 Å². The largest absolute Gasteiger partial charge is 0.481 e. The van der Waals surface area contributed by atoms with Crippen molar-refractivity contribution in [3.05, 3.63) is 42.4 Å². The van der Waals surface area contributed by atoms with Crippen LogP contribution in [0.25, 0.3) is 22.0 Å². The van der Waals surface area contributed by atoms with Gasteiger partial charge >= 0.3 is 5.97 Å². The Labute approximate surface area is 117 Å². The predicted molar refractivity (Wildman–Crippen MR) is 71.7 cm³/mol. The lowest BCUT2D eigenvalue weighted by molar-refractivity contribution is -0.137. The van der Waals surface area contributed by atoms with Crippen LogP contribution in [0.3, 0.4) is 0 Å². The van der Waals surface area contributed by atoms with E-state index < -0.39 is 17.6 Å². The molecule has 2 aromatic heterocycles. The fourth-order valence-corrected chi connectivity index (χ4v) is 2.19. The van der Waals surface area contributed by atoms with E-state index >= 15 is 0 Å². The number of carboxylic acid groups (broad SMARTS) is 1. The molecule has 0 spiro atoms. The van der Waals surface area contributed by atoms with Gasteiger partial charge in [0.05, 0.1) is 19.2 Å². The highest BCUT2D eigenvalue weighted by molar-refractivity contribution is 5.95. The molecule has 5 nitrogen and oxygen atoms in total. The molecule has 0 saturated heterocycles. The molecule has 0 aliphatic heterocycles. The second kappa shape index (κ2) is 5.01. The Morgan fingerprint density at radius 1 is 1.33 bits per heavy atom. The summed E-state index contributed by atoms with van der Waals surface area (Å²) >= 11 is 0. The number of rotatable bonds is 4. The minimum absolute atomic E-state index is 0.0329. The highest BCUT2D eigenvalue weighted by Crippen LogP contribution is 2.29. The maximum atomic E-state index is 13.4. The number of H-pyrrole nitrogens is 1. The Morgan fingerprint density at radius 3 is 2.86 bits per heavy atom. The lowest BCUT2D eigenvalue weighted by atomic mass is 10.1. The normalized spacial score (nSPS) is 11.1. The van der Waals surface area contributed by atoms with Crippen LogP contribution in [0, 0.1) is 11.6 Å². The van der Waals surface area contributed by atoms with Crippen molar-refractivity contribution in [3.63, 3.8) is 0 Å². The number of aliphatic carboxylic acids is 1. The molecule has 0 aliphatic carbocycles. The predicted octanol–water partition coefficient (Wildman–Crippen LogP) is 2.78. The summed E-state index contributed by atoms with van der Waals surface area (Å²) in [4.78, 5) is 13.4. The van der Waals surface area contributed by atoms with Crippen molar-refractivity contribution < 1.29 is 18.7 Å². The molecule has 0 fully saturated rings. The molecule has 0 saturated carbocycles. The van der Waals surface area contributed by atoms with Crippen LogP contribution in [-0.4, -0.2) is 25.8 Å². The van der Waals surface area contributed by atoms with Gasteiger partial charge < -0.3 is 10.1 Å². The van der Waals surface area contributed by atoms with Gasteiger partial charge in [0.1, 0.15) is 0 Å². The summed E-state index contributed by atoms with van der Waals surface area (Å²) in [5.41, 5.74) is 1.88. The maximum Gasteiger partial charge on any atom is 0.305 e. The zero-order valence-electron chi connectivity index (χ0n) is 10.8. The molecule has 21 heavy (non-hydrogen) atoms. The van der Waals surface area contributed by atoms with E-state index in [0.717, 1.165) is 12.1 Å². The summed E-state index contributed by atoms with van der Waals surface area (Å²) in [5, 5.41) is 13.3. The Morgan fingerprint density at radius 2 is 2.10 bits per heavy atom. The van der Waals surface area contributed by atoms with Crippen molar-refractivity contribution in [2.24, 2.45) is 0 Å². The maximum absolute atomic E-state index is 13.4. The molecule has 7 heteroatoms. The first kappa shape index (κ1) is 13.3. The molecule has 2 heterocycles. The first-order valence-electron chi connectivity index (χ1n) is 6.25. The zero-order valence-corrected chi connectivity index (χ0v) is 10.8. The lowest BCUT2D eigenvalue weighted by Gasteiger charge is -1.98. The molecule has 3 rings (SSSR count). The standard InChI is InChI=1S/C14H11F2N3O2/c15-11-3-9-10(6-17-13(9)4-12(11)16)8-5-18-19(7-8)2-1-14(20)21/h3-7,17H,1-2H2,(H,20,21). The van der Waals surface area contributed by atoms with Gasteiger partial charge in [-0.2, -0.15) is 5.10 Å². The lowest BCUT2D eigenvalue weighted by Crippen LogP contribution is -2.04. The van der Waals surface area contributed by atoms with Crippen LogP contribution in [0.1, 0.15) is 6.42 Å². The van der Waals surface area contributed by atoms with Crippen LogP contribution in [0.4, 0.5) is 8.78 Å². The molecular formula is C14H11F2N3O2. The average molecular weight is 291 g/mol. The number of carboxylic acids is 1. The van der Waals surface area contributed by atoms with E-state index in [2.05, 4.69) is 10.1 Å². The molecule has 0 bridgehead atoms. The van der Waals surface area contributed by atoms with Crippen molar-refractivity contribution in [2.75, 3.05) is 0 Å². The van der Waals surface area contributed by atoms with Gasteiger partial charge in [-0.05, 0) is 6.07 Å². The molecule has 0 atom stereocenters. The second-order valence-electron chi connectivity index (χ2n) is 4.65. The number of halogens is 2. The first-order chi connectivity index (χ1) is 10.0. The SMILES string of the molecule is O=C(O)CCn1cc(-c2c[nH]c3cc(F)c(F)cc23)cn1. The molecule has 0 amide bonds. The molecule has 1 aromatic carbocycles. The topological polar surface area (TPSA) is 70.9 Å². The van der Waals surface area contributed by atoms with E-state index in [1.165, 1.54) is 4.68 Å². The van der Waals surface area contributed by atoms with Crippen LogP contribution in [-0.2, 0) is 11.3 Å². The van der Waals surface area contributed by atoms with Crippen molar-refractivity contribution >= 4 is 16.9 Å². The summed E-state index contributed by atoms with van der Waals surface area (Å²) in [5.74, 6) is -2.73. The smallest absolute Gasteiger partial charge is 0.305 e. The van der Waals surface area contributed by atoms with Gasteiger partial charge in [0.15, 0.2) is 11.6 Å². The average Bonchev–Trinajstić information content (AvgIpc) is 3.03. The fourth-order valence-electron chi connectivity index (χ4n) is 2.19. The fraction of sp³-hybridized carbons (Fsp3) is 0.143. The van der Waals surface area contributed by atoms with E-state index in [1.54, 1.807) is 18.6 Å². The van der Waals surface area contributed by atoms with Crippen molar-refractivity contribution in [1.82, 2.24) is 14.8 Å². The van der Waals surface area contributed by atoms with Gasteiger partial charge in [0.2, 0.25) is 0 Å². The zero-order chi connectivity index (χ0) is 15.0. The van der Waals surface area contributed by atoms with E-state index in [4.69, 9.17) is 5.11 Å². The van der Waals surface area contributed by atoms with E-state index in [9.17, 15) is 13.6 Å². The third kappa shape index (κ3) is 2.49. The molecule has 0 radical (unpaired) electrons. The van der Waals surface area contributed by atoms with Gasteiger partial charge in [-0.1, -0.05) is 0 Å². The number of nitrogens with zero attached hydrogens (tertiary/aromatic N) is 2. The number of aromatic amines is 1. The molecule has 0 aliphatic rings. The quantitative estimate of drug-likeness (QED) is 0.776. The monoisotopic (exact) mass is 291 g/mol. The number of nitrogens with one attached hydrogen (secondary N) is 1. The number of carbonyl (C=O) groups is 1. The van der Waals surface area contributed by atoms with Crippen LogP contribution in [0.5, 0.6) is 0 Å². The highest BCUT2D eigenvalue weighted by atomic mass is 19.2. The summed E-state index contributed by atoms with van der Waals surface area (Å²) < 4.78 is 28.0. The molecular weight excluding hydrogens is 280 g/mol. The van der Waals surface area contributed by atoms with Gasteiger partial charge in [-0.25, -0.2) is 8.78 Å². The number of hydrogen-bond donors (Lipinski definition) is 2. The third-order valence-corrected chi connectivity index (χ3v) is 3.22. The first-order valence-corrected chi connectivity index (χ1v) is 6.25. The minimum Gasteiger partial charge on any atom is -0.481 e. The third-order valence-electron chi connectivity index (χ3n) is 3.22. The van der Waals surface area contributed by atoms with Crippen LogP contribution >= 0.6 is 0 Å². The summed E-state index contributed by atoms with van der Waals surface area (Å²) in [7, 11) is 0.